The van der Waals surface area contributed by atoms with Gasteiger partial charge in [0.25, 0.3) is 10.0 Å². The van der Waals surface area contributed by atoms with E-state index >= 15 is 0 Å². The molecule has 6 rings (SSSR count). The largest absolute Gasteiger partial charge is 0.472 e. The van der Waals surface area contributed by atoms with Crippen LogP contribution < -0.4 is 10.1 Å². The van der Waals surface area contributed by atoms with E-state index in [9.17, 15) is 17.4 Å². The van der Waals surface area contributed by atoms with Crippen LogP contribution in [0, 0.1) is 5.82 Å². The summed E-state index contributed by atoms with van der Waals surface area (Å²) in [5.74, 6) is -0.624. The molecule has 0 amide bonds. The highest BCUT2D eigenvalue weighted by atomic mass is 32.2. The van der Waals surface area contributed by atoms with Gasteiger partial charge in [-0.15, -0.1) is 0 Å². The van der Waals surface area contributed by atoms with Crippen molar-refractivity contribution in [1.29, 1.82) is 0 Å². The lowest BCUT2D eigenvalue weighted by atomic mass is 10.1. The van der Waals surface area contributed by atoms with Gasteiger partial charge < -0.3 is 24.3 Å². The molecule has 0 saturated carbocycles. The minimum atomic E-state index is -4.82. The number of hydrogen-bond donors (Lipinski definition) is 3. The molecule has 1 fully saturated rings. The van der Waals surface area contributed by atoms with E-state index in [0.717, 1.165) is 6.07 Å². The van der Waals surface area contributed by atoms with Crippen molar-refractivity contribution in [3.8, 4) is 28.4 Å². The summed E-state index contributed by atoms with van der Waals surface area (Å²) in [4.78, 5) is 31.3. The second-order valence-corrected chi connectivity index (χ2v) is 13.0. The standard InChI is InChI=1S/C25H26FN8O8PS/c1-32-10-7-21(31-32)44(38,39)33-9-2-3-17(14-33)28-24-27-8-6-19(29-24)23-22(30-25-34(23)11-12-40-25)16-4-5-18(26)20(13-16)41-15-42-43(35,36)37/h4-8,10-13,17H,2-3,9,14-15H2,1H3,(H,27,28,29)(H2,35,36,37). The normalized spacial score (nSPS) is 16.4. The summed E-state index contributed by atoms with van der Waals surface area (Å²) in [6.45, 7) is -0.323. The maximum Gasteiger partial charge on any atom is 0.472 e. The first-order chi connectivity index (χ1) is 21.0. The fourth-order valence-corrected chi connectivity index (χ4v) is 6.50. The molecule has 0 aliphatic carbocycles. The molecule has 44 heavy (non-hydrogen) atoms. The van der Waals surface area contributed by atoms with Crippen molar-refractivity contribution in [1.82, 2.24) is 33.4 Å². The lowest BCUT2D eigenvalue weighted by molar-refractivity contribution is 0.0799. The van der Waals surface area contributed by atoms with Crippen LogP contribution in [-0.4, -0.2) is 77.6 Å². The second kappa shape index (κ2) is 11.7. The first-order valence-electron chi connectivity index (χ1n) is 13.2. The number of aryl methyl sites for hydroxylation is 1. The highest BCUT2D eigenvalue weighted by molar-refractivity contribution is 7.89. The van der Waals surface area contributed by atoms with Crippen molar-refractivity contribution in [2.75, 3.05) is 25.2 Å². The van der Waals surface area contributed by atoms with Crippen LogP contribution >= 0.6 is 7.82 Å². The van der Waals surface area contributed by atoms with E-state index in [2.05, 4.69) is 29.9 Å². The molecule has 5 aromatic rings. The van der Waals surface area contributed by atoms with Crippen molar-refractivity contribution in [2.45, 2.75) is 23.9 Å². The molecule has 1 atom stereocenters. The third-order valence-electron chi connectivity index (χ3n) is 6.81. The molecule has 16 nitrogen and oxygen atoms in total. The number of nitrogens with zero attached hydrogens (tertiary/aromatic N) is 7. The number of rotatable bonds is 10. The Morgan fingerprint density at radius 1 is 1.20 bits per heavy atom. The van der Waals surface area contributed by atoms with Gasteiger partial charge in [0.2, 0.25) is 12.7 Å². The Morgan fingerprint density at radius 3 is 2.82 bits per heavy atom. The first kappa shape index (κ1) is 29.9. The van der Waals surface area contributed by atoms with Gasteiger partial charge in [-0.1, -0.05) is 0 Å². The number of phosphoric ester groups is 1. The Balaban J connectivity index is 1.27. The molecule has 3 N–H and O–H groups in total. The lowest BCUT2D eigenvalue weighted by Gasteiger charge is -2.31. The molecule has 5 heterocycles. The molecule has 1 aliphatic heterocycles. The van der Waals surface area contributed by atoms with E-state index in [1.807, 2.05) is 0 Å². The molecule has 4 aromatic heterocycles. The second-order valence-electron chi connectivity index (χ2n) is 9.83. The molecule has 19 heteroatoms. The van der Waals surface area contributed by atoms with Gasteiger partial charge in [0.05, 0.1) is 5.69 Å². The number of sulfonamides is 1. The number of fused-ring (bicyclic) bond motifs is 1. The van der Waals surface area contributed by atoms with Crippen LogP contribution in [0.5, 0.6) is 5.75 Å². The van der Waals surface area contributed by atoms with Crippen molar-refractivity contribution < 1.29 is 40.8 Å². The molecule has 1 unspecified atom stereocenters. The van der Waals surface area contributed by atoms with Gasteiger partial charge >= 0.3 is 13.7 Å². The average molecular weight is 649 g/mol. The minimum absolute atomic E-state index is 0.0139. The zero-order chi connectivity index (χ0) is 31.1. The Labute approximate surface area is 249 Å². The third-order valence-corrected chi connectivity index (χ3v) is 9.01. The molecule has 0 bridgehead atoms. The highest BCUT2D eigenvalue weighted by Crippen LogP contribution is 2.37. The van der Waals surface area contributed by atoms with E-state index in [-0.39, 0.29) is 35.2 Å². The summed E-state index contributed by atoms with van der Waals surface area (Å²) >= 11 is 0. The predicted molar refractivity (Wildman–Crippen MR) is 151 cm³/mol. The van der Waals surface area contributed by atoms with Crippen molar-refractivity contribution in [3.05, 3.63) is 61.0 Å². The predicted octanol–water partition coefficient (Wildman–Crippen LogP) is 2.63. The van der Waals surface area contributed by atoms with Crippen molar-refractivity contribution in [3.63, 3.8) is 0 Å². The maximum atomic E-state index is 14.5. The topological polar surface area (TPSA) is 199 Å². The summed E-state index contributed by atoms with van der Waals surface area (Å²) in [5, 5.41) is 7.28. The number of oxazole rings is 1. The van der Waals surface area contributed by atoms with E-state index in [1.54, 1.807) is 29.9 Å². The summed E-state index contributed by atoms with van der Waals surface area (Å²) < 4.78 is 71.0. The molecular weight excluding hydrogens is 622 g/mol. The number of imidazole rings is 1. The molecule has 0 spiro atoms. The Bertz CT molecular complexity index is 1970. The molecule has 232 valence electrons. The summed E-state index contributed by atoms with van der Waals surface area (Å²) in [7, 11) is -6.94. The van der Waals surface area contributed by atoms with Gasteiger partial charge in [-0.25, -0.2) is 31.9 Å². The van der Waals surface area contributed by atoms with Crippen LogP contribution in [0.15, 0.2) is 64.6 Å². The van der Waals surface area contributed by atoms with Crippen molar-refractivity contribution in [2.24, 2.45) is 7.05 Å². The van der Waals surface area contributed by atoms with Gasteiger partial charge in [-0.3, -0.25) is 9.08 Å². The van der Waals surface area contributed by atoms with Gasteiger partial charge in [0.1, 0.15) is 17.7 Å². The van der Waals surface area contributed by atoms with Crippen molar-refractivity contribution >= 4 is 29.6 Å². The number of piperidine rings is 1. The molecule has 1 aromatic carbocycles. The fraction of sp³-hybridized carbons (Fsp3) is 0.280. The zero-order valence-electron chi connectivity index (χ0n) is 23.0. The molecule has 1 aliphatic rings. The summed E-state index contributed by atoms with van der Waals surface area (Å²) in [6, 6.07) is 6.72. The number of phosphoric acid groups is 1. The first-order valence-corrected chi connectivity index (χ1v) is 16.1. The SMILES string of the molecule is Cn1ccc(S(=O)(=O)N2CCCC(Nc3nccc(-c4c(-c5ccc(F)c(OCOP(=O)(O)O)c5)nc5occn45)n3)C2)n1. The van der Waals surface area contributed by atoms with Crippen LogP contribution in [0.1, 0.15) is 12.8 Å². The van der Waals surface area contributed by atoms with E-state index in [0.29, 0.717) is 42.0 Å². The minimum Gasteiger partial charge on any atom is -0.464 e. The average Bonchev–Trinajstić information content (AvgIpc) is 3.70. The number of halogens is 1. The maximum absolute atomic E-state index is 14.5. The number of hydrogen-bond acceptors (Lipinski definition) is 11. The smallest absolute Gasteiger partial charge is 0.464 e. The Kier molecular flexibility index (Phi) is 7.95. The lowest BCUT2D eigenvalue weighted by Crippen LogP contribution is -2.45. The van der Waals surface area contributed by atoms with Crippen LogP contribution in [0.2, 0.25) is 0 Å². The highest BCUT2D eigenvalue weighted by Gasteiger charge is 2.32. The Hall–Kier alpha value is -4.19. The Morgan fingerprint density at radius 2 is 2.05 bits per heavy atom. The van der Waals surface area contributed by atoms with Gasteiger partial charge in [-0.2, -0.15) is 14.4 Å². The number of aromatic nitrogens is 6. The van der Waals surface area contributed by atoms with Crippen LogP contribution in [0.25, 0.3) is 28.5 Å². The number of anilines is 1. The zero-order valence-corrected chi connectivity index (χ0v) is 24.7. The van der Waals surface area contributed by atoms with Gasteiger partial charge in [-0.05, 0) is 43.2 Å². The van der Waals surface area contributed by atoms with Gasteiger partial charge in [0.15, 0.2) is 16.6 Å². The molecule has 1 saturated heterocycles. The quantitative estimate of drug-likeness (QED) is 0.148. The van der Waals surface area contributed by atoms with Crippen LogP contribution in [0.4, 0.5) is 10.3 Å². The van der Waals surface area contributed by atoms with E-state index < -0.39 is 30.5 Å². The van der Waals surface area contributed by atoms with E-state index in [4.69, 9.17) is 18.9 Å². The number of benzene rings is 1. The fourth-order valence-electron chi connectivity index (χ4n) is 4.84. The third kappa shape index (κ3) is 6.21. The number of ether oxygens (including phenoxy) is 1. The van der Waals surface area contributed by atoms with Crippen LogP contribution in [0.3, 0.4) is 0 Å². The summed E-state index contributed by atoms with van der Waals surface area (Å²) in [6.07, 6.45) is 7.50. The monoisotopic (exact) mass is 648 g/mol. The van der Waals surface area contributed by atoms with Gasteiger partial charge in [0, 0.05) is 50.3 Å². The summed E-state index contributed by atoms with van der Waals surface area (Å²) in [5.41, 5.74) is 1.64. The van der Waals surface area contributed by atoms with Crippen LogP contribution in [-0.2, 0) is 26.2 Å². The number of nitrogens with one attached hydrogen (secondary N) is 1. The molecule has 0 radical (unpaired) electrons. The molecular formula is C25H26FN8O8PS. The van der Waals surface area contributed by atoms with E-state index in [1.165, 1.54) is 39.6 Å².